The van der Waals surface area contributed by atoms with Crippen LogP contribution < -0.4 is 15.6 Å². The maximum absolute atomic E-state index is 12.0. The first-order chi connectivity index (χ1) is 10.2. The van der Waals surface area contributed by atoms with Gasteiger partial charge in [-0.3, -0.25) is 9.78 Å². The Balaban J connectivity index is 2.02. The van der Waals surface area contributed by atoms with E-state index in [9.17, 15) is 4.79 Å². The zero-order valence-electron chi connectivity index (χ0n) is 11.2. The molecule has 0 aliphatic heterocycles. The number of H-pyrrole nitrogens is 1. The van der Waals surface area contributed by atoms with Crippen molar-refractivity contribution in [2.24, 2.45) is 0 Å². The molecular weight excluding hydrogens is 290 g/mol. The van der Waals surface area contributed by atoms with Crippen molar-refractivity contribution in [3.05, 3.63) is 57.8 Å². The van der Waals surface area contributed by atoms with Gasteiger partial charge in [0, 0.05) is 16.8 Å². The van der Waals surface area contributed by atoms with E-state index in [1.54, 1.807) is 25.3 Å². The molecule has 0 bridgehead atoms. The molecule has 2 aromatic carbocycles. The molecule has 0 unspecified atom stereocenters. The van der Waals surface area contributed by atoms with Crippen molar-refractivity contribution in [3.63, 3.8) is 0 Å². The average molecular weight is 302 g/mol. The Morgan fingerprint density at radius 2 is 2.10 bits per heavy atom. The highest BCUT2D eigenvalue weighted by Crippen LogP contribution is 2.20. The van der Waals surface area contributed by atoms with Crippen LogP contribution in [-0.2, 0) is 0 Å². The third kappa shape index (κ3) is 2.83. The lowest BCUT2D eigenvalue weighted by molar-refractivity contribution is 0.415. The number of nitrogens with one attached hydrogen (secondary N) is 2. The third-order valence-electron chi connectivity index (χ3n) is 3.00. The van der Waals surface area contributed by atoms with Crippen molar-refractivity contribution in [1.29, 1.82) is 0 Å². The van der Waals surface area contributed by atoms with E-state index in [0.717, 1.165) is 5.69 Å². The lowest BCUT2D eigenvalue weighted by Crippen LogP contribution is -2.11. The number of aromatic nitrogens is 2. The summed E-state index contributed by atoms with van der Waals surface area (Å²) in [7, 11) is 1.59. The quantitative estimate of drug-likeness (QED) is 0.778. The highest BCUT2D eigenvalue weighted by atomic mass is 35.5. The van der Waals surface area contributed by atoms with Gasteiger partial charge in [-0.2, -0.15) is 0 Å². The predicted octanol–water partition coefficient (Wildman–Crippen LogP) is 3.33. The molecule has 3 aromatic rings. The highest BCUT2D eigenvalue weighted by molar-refractivity contribution is 6.31. The molecule has 2 N–H and O–H groups in total. The summed E-state index contributed by atoms with van der Waals surface area (Å²) in [5, 5.41) is 4.07. The number of aromatic amines is 1. The molecule has 3 rings (SSSR count). The lowest BCUT2D eigenvalue weighted by atomic mass is 10.2. The van der Waals surface area contributed by atoms with Gasteiger partial charge in [-0.15, -0.1) is 0 Å². The smallest absolute Gasteiger partial charge is 0.260 e. The molecule has 1 aromatic heterocycles. The minimum absolute atomic E-state index is 0.220. The minimum atomic E-state index is -0.220. The summed E-state index contributed by atoms with van der Waals surface area (Å²) in [5.41, 5.74) is 1.08. The molecule has 0 fully saturated rings. The van der Waals surface area contributed by atoms with Gasteiger partial charge < -0.3 is 10.1 Å². The molecule has 5 nitrogen and oxygen atoms in total. The van der Waals surface area contributed by atoms with Crippen LogP contribution in [0, 0.1) is 0 Å². The minimum Gasteiger partial charge on any atom is -0.497 e. The number of fused-ring (bicyclic) bond motifs is 1. The van der Waals surface area contributed by atoms with Crippen LogP contribution in [0.4, 0.5) is 11.6 Å². The van der Waals surface area contributed by atoms with Crippen molar-refractivity contribution in [2.75, 3.05) is 12.4 Å². The predicted molar refractivity (Wildman–Crippen MR) is 83.7 cm³/mol. The van der Waals surface area contributed by atoms with Gasteiger partial charge in [0.25, 0.3) is 5.56 Å². The second-order valence-corrected chi connectivity index (χ2v) is 4.87. The topological polar surface area (TPSA) is 67.0 Å². The SMILES string of the molecule is COc1cccc(Nc2nc3cc(Cl)ccc3c(=O)[nH]2)c1. The van der Waals surface area contributed by atoms with Gasteiger partial charge in [-0.05, 0) is 30.3 Å². The Kier molecular flexibility index (Phi) is 3.50. The molecule has 0 aliphatic carbocycles. The monoisotopic (exact) mass is 301 g/mol. The summed E-state index contributed by atoms with van der Waals surface area (Å²) in [6.07, 6.45) is 0. The van der Waals surface area contributed by atoms with Gasteiger partial charge in [-0.25, -0.2) is 4.98 Å². The Hall–Kier alpha value is -2.53. The normalized spacial score (nSPS) is 10.6. The van der Waals surface area contributed by atoms with Crippen LogP contribution in [0.2, 0.25) is 5.02 Å². The number of rotatable bonds is 3. The molecule has 0 atom stereocenters. The number of nitrogens with zero attached hydrogens (tertiary/aromatic N) is 1. The average Bonchev–Trinajstić information content (AvgIpc) is 2.47. The van der Waals surface area contributed by atoms with E-state index in [1.165, 1.54) is 0 Å². The van der Waals surface area contributed by atoms with Gasteiger partial charge in [0.05, 0.1) is 18.0 Å². The molecule has 0 radical (unpaired) electrons. The molecular formula is C15H12ClN3O2. The van der Waals surface area contributed by atoms with E-state index in [2.05, 4.69) is 15.3 Å². The number of methoxy groups -OCH3 is 1. The molecule has 0 saturated heterocycles. The maximum Gasteiger partial charge on any atom is 0.260 e. The second-order valence-electron chi connectivity index (χ2n) is 4.43. The zero-order valence-corrected chi connectivity index (χ0v) is 11.9. The summed E-state index contributed by atoms with van der Waals surface area (Å²) in [5.74, 6) is 1.06. The standard InChI is InChI=1S/C15H12ClN3O2/c1-21-11-4-2-3-10(8-11)17-15-18-13-7-9(16)5-6-12(13)14(20)19-15/h2-8H,1H3,(H2,17,18,19,20). The van der Waals surface area contributed by atoms with Crippen LogP contribution in [0.25, 0.3) is 10.9 Å². The van der Waals surface area contributed by atoms with E-state index in [-0.39, 0.29) is 5.56 Å². The first kappa shape index (κ1) is 13.5. The molecule has 6 heteroatoms. The number of anilines is 2. The zero-order chi connectivity index (χ0) is 14.8. The largest absolute Gasteiger partial charge is 0.497 e. The van der Waals surface area contributed by atoms with E-state index in [4.69, 9.17) is 16.3 Å². The number of benzene rings is 2. The summed E-state index contributed by atoms with van der Waals surface area (Å²) < 4.78 is 5.15. The van der Waals surface area contributed by atoms with Crippen LogP contribution in [0.3, 0.4) is 0 Å². The fraction of sp³-hybridized carbons (Fsp3) is 0.0667. The summed E-state index contributed by atoms with van der Waals surface area (Å²) in [4.78, 5) is 19.1. The summed E-state index contributed by atoms with van der Waals surface area (Å²) in [6, 6.07) is 12.3. The van der Waals surface area contributed by atoms with Gasteiger partial charge >= 0.3 is 0 Å². The van der Waals surface area contributed by atoms with E-state index >= 15 is 0 Å². The van der Waals surface area contributed by atoms with E-state index in [1.807, 2.05) is 24.3 Å². The van der Waals surface area contributed by atoms with Crippen molar-refractivity contribution >= 4 is 34.1 Å². The van der Waals surface area contributed by atoms with Crippen molar-refractivity contribution in [1.82, 2.24) is 9.97 Å². The molecule has 1 heterocycles. The van der Waals surface area contributed by atoms with Gasteiger partial charge in [0.2, 0.25) is 5.95 Å². The van der Waals surface area contributed by atoms with Crippen molar-refractivity contribution in [3.8, 4) is 5.75 Å². The highest BCUT2D eigenvalue weighted by Gasteiger charge is 2.05. The van der Waals surface area contributed by atoms with Crippen LogP contribution in [0.1, 0.15) is 0 Å². The molecule has 0 spiro atoms. The summed E-state index contributed by atoms with van der Waals surface area (Å²) >= 11 is 5.93. The summed E-state index contributed by atoms with van der Waals surface area (Å²) in [6.45, 7) is 0. The van der Waals surface area contributed by atoms with E-state index in [0.29, 0.717) is 27.6 Å². The van der Waals surface area contributed by atoms with Gasteiger partial charge in [-0.1, -0.05) is 17.7 Å². The van der Waals surface area contributed by atoms with Crippen molar-refractivity contribution < 1.29 is 4.74 Å². The third-order valence-corrected chi connectivity index (χ3v) is 3.24. The van der Waals surface area contributed by atoms with Crippen LogP contribution in [0.5, 0.6) is 5.75 Å². The molecule has 0 amide bonds. The van der Waals surface area contributed by atoms with Gasteiger partial charge in [0.1, 0.15) is 5.75 Å². The van der Waals surface area contributed by atoms with E-state index < -0.39 is 0 Å². The fourth-order valence-corrected chi connectivity index (χ4v) is 2.18. The Labute approximate surface area is 125 Å². The first-order valence-electron chi connectivity index (χ1n) is 6.26. The van der Waals surface area contributed by atoms with Crippen LogP contribution in [-0.4, -0.2) is 17.1 Å². The molecule has 21 heavy (non-hydrogen) atoms. The Bertz CT molecular complexity index is 861. The first-order valence-corrected chi connectivity index (χ1v) is 6.64. The second kappa shape index (κ2) is 5.46. The Morgan fingerprint density at radius 1 is 1.24 bits per heavy atom. The number of halogens is 1. The molecule has 106 valence electrons. The van der Waals surface area contributed by atoms with Gasteiger partial charge in [0.15, 0.2) is 0 Å². The van der Waals surface area contributed by atoms with Crippen molar-refractivity contribution in [2.45, 2.75) is 0 Å². The number of ether oxygens (including phenoxy) is 1. The Morgan fingerprint density at radius 3 is 2.90 bits per heavy atom. The van der Waals surface area contributed by atoms with Crippen LogP contribution in [0.15, 0.2) is 47.3 Å². The number of hydrogen-bond donors (Lipinski definition) is 2. The fourth-order valence-electron chi connectivity index (χ4n) is 2.01. The van der Waals surface area contributed by atoms with Crippen LogP contribution >= 0.6 is 11.6 Å². The maximum atomic E-state index is 12.0. The molecule has 0 saturated carbocycles. The number of hydrogen-bond acceptors (Lipinski definition) is 4. The molecule has 0 aliphatic rings. The lowest BCUT2D eigenvalue weighted by Gasteiger charge is -2.08.